The number of hydrogen-bond acceptors (Lipinski definition) is 4. The molecule has 1 rings (SSSR count). The van der Waals surface area contributed by atoms with Gasteiger partial charge in [0.2, 0.25) is 0 Å². The Morgan fingerprint density at radius 1 is 1.33 bits per heavy atom. The second kappa shape index (κ2) is 9.34. The lowest BCUT2D eigenvalue weighted by molar-refractivity contribution is 0.0696. The number of aromatic carboxylic acids is 1. The lowest BCUT2D eigenvalue weighted by atomic mass is 10.2. The van der Waals surface area contributed by atoms with Crippen LogP contribution in [-0.2, 0) is 6.42 Å². The molecule has 0 aliphatic rings. The number of pyridine rings is 1. The van der Waals surface area contributed by atoms with E-state index in [1.165, 1.54) is 0 Å². The van der Waals surface area contributed by atoms with Crippen molar-refractivity contribution in [3.05, 3.63) is 23.4 Å². The lowest BCUT2D eigenvalue weighted by Gasteiger charge is -2.23. The maximum atomic E-state index is 11.0. The number of carbonyl (C=O) groups is 1. The Balaban J connectivity index is 0.000000690. The molecule has 1 aromatic heterocycles. The molecule has 0 fully saturated rings. The zero-order valence-electron chi connectivity index (χ0n) is 14.3. The number of carboxylic acids is 1. The van der Waals surface area contributed by atoms with Crippen LogP contribution in [0.5, 0.6) is 0 Å². The van der Waals surface area contributed by atoms with E-state index in [0.29, 0.717) is 23.5 Å². The van der Waals surface area contributed by atoms with Crippen molar-refractivity contribution in [2.24, 2.45) is 0 Å². The van der Waals surface area contributed by atoms with E-state index in [-0.39, 0.29) is 0 Å². The predicted octanol–water partition coefficient (Wildman–Crippen LogP) is 2.80. The van der Waals surface area contributed by atoms with E-state index < -0.39 is 5.97 Å². The molecule has 0 bridgehead atoms. The first-order valence-corrected chi connectivity index (χ1v) is 7.37. The zero-order chi connectivity index (χ0) is 16.6. The van der Waals surface area contributed by atoms with Crippen LogP contribution in [0, 0.1) is 0 Å². The molecule has 0 aromatic carbocycles. The first kappa shape index (κ1) is 19.4. The minimum absolute atomic E-state index is 0.293. The molecule has 0 saturated carbocycles. The fraction of sp³-hybridized carbons (Fsp3) is 0.625. The monoisotopic (exact) mass is 295 g/mol. The first-order valence-electron chi connectivity index (χ1n) is 7.37. The van der Waals surface area contributed by atoms with Gasteiger partial charge in [-0.15, -0.1) is 0 Å². The van der Waals surface area contributed by atoms with Gasteiger partial charge in [-0.05, 0) is 39.4 Å². The molecular weight excluding hydrogens is 266 g/mol. The summed E-state index contributed by atoms with van der Waals surface area (Å²) in [5.74, 6) is -0.192. The van der Waals surface area contributed by atoms with Gasteiger partial charge in [0, 0.05) is 24.8 Å². The number of anilines is 1. The quantitative estimate of drug-likeness (QED) is 0.874. The van der Waals surface area contributed by atoms with Crippen molar-refractivity contribution in [2.45, 2.75) is 53.1 Å². The van der Waals surface area contributed by atoms with Crippen molar-refractivity contribution in [1.29, 1.82) is 0 Å². The molecule has 0 saturated heterocycles. The van der Waals surface area contributed by atoms with E-state index in [2.05, 4.69) is 24.1 Å². The molecule has 2 N–H and O–H groups in total. The second-order valence-corrected chi connectivity index (χ2v) is 5.51. The summed E-state index contributed by atoms with van der Waals surface area (Å²) in [6.07, 6.45) is 0.736. The topological polar surface area (TPSA) is 65.5 Å². The number of nitrogens with one attached hydrogen (secondary N) is 1. The number of carboxylic acid groups (broad SMARTS) is 1. The van der Waals surface area contributed by atoms with Gasteiger partial charge in [-0.25, -0.2) is 9.78 Å². The van der Waals surface area contributed by atoms with Crippen LogP contribution in [0.25, 0.3) is 0 Å². The Kier molecular flexibility index (Phi) is 8.62. The van der Waals surface area contributed by atoms with E-state index in [1.807, 2.05) is 39.8 Å². The van der Waals surface area contributed by atoms with Gasteiger partial charge in [0.15, 0.2) is 0 Å². The summed E-state index contributed by atoms with van der Waals surface area (Å²) in [7, 11) is 3.86. The molecule has 0 aliphatic carbocycles. The number of nitrogens with zero attached hydrogens (tertiary/aromatic N) is 2. The Bertz CT molecular complexity index is 445. The second-order valence-electron chi connectivity index (χ2n) is 5.51. The SMILES string of the molecule is CCc1cc(C(=O)O)cc(N(C)C(C)C)n1.CNC(C)C. The minimum atomic E-state index is -0.907. The molecule has 0 amide bonds. The molecule has 5 heteroatoms. The predicted molar refractivity (Wildman–Crippen MR) is 88.3 cm³/mol. The summed E-state index contributed by atoms with van der Waals surface area (Å²) in [6.45, 7) is 10.3. The van der Waals surface area contributed by atoms with Crippen LogP contribution in [0.1, 0.15) is 50.7 Å². The van der Waals surface area contributed by atoms with Gasteiger partial charge in [0.1, 0.15) is 5.82 Å². The van der Waals surface area contributed by atoms with Crippen molar-refractivity contribution in [1.82, 2.24) is 10.3 Å². The molecule has 1 aromatic rings. The van der Waals surface area contributed by atoms with Gasteiger partial charge in [-0.3, -0.25) is 0 Å². The Morgan fingerprint density at radius 2 is 1.86 bits per heavy atom. The summed E-state index contributed by atoms with van der Waals surface area (Å²) in [5, 5.41) is 12.0. The molecule has 0 aliphatic heterocycles. The van der Waals surface area contributed by atoms with Gasteiger partial charge in [0.25, 0.3) is 0 Å². The number of aryl methyl sites for hydroxylation is 1. The third-order valence-corrected chi connectivity index (χ3v) is 3.19. The summed E-state index contributed by atoms with van der Waals surface area (Å²) in [5.41, 5.74) is 1.11. The maximum Gasteiger partial charge on any atom is 0.335 e. The number of aromatic nitrogens is 1. The fourth-order valence-corrected chi connectivity index (χ4v) is 1.32. The standard InChI is InChI=1S/C12H18N2O2.C4H11N/c1-5-10-6-9(12(15)16)7-11(13-10)14(4)8(2)3;1-4(2)5-3/h6-8H,5H2,1-4H3,(H,15,16);4-5H,1-3H3. The number of hydrogen-bond donors (Lipinski definition) is 2. The highest BCUT2D eigenvalue weighted by atomic mass is 16.4. The van der Waals surface area contributed by atoms with E-state index in [4.69, 9.17) is 5.11 Å². The highest BCUT2D eigenvalue weighted by Crippen LogP contribution is 2.16. The van der Waals surface area contributed by atoms with E-state index in [0.717, 1.165) is 12.1 Å². The van der Waals surface area contributed by atoms with Crippen molar-refractivity contribution in [2.75, 3.05) is 19.0 Å². The number of rotatable bonds is 5. The average Bonchev–Trinajstić information content (AvgIpc) is 2.46. The van der Waals surface area contributed by atoms with Gasteiger partial charge in [-0.1, -0.05) is 20.8 Å². The van der Waals surface area contributed by atoms with Crippen LogP contribution < -0.4 is 10.2 Å². The van der Waals surface area contributed by atoms with Crippen LogP contribution in [0.15, 0.2) is 12.1 Å². The van der Waals surface area contributed by atoms with Gasteiger partial charge in [0.05, 0.1) is 5.56 Å². The normalized spacial score (nSPS) is 10.3. The van der Waals surface area contributed by atoms with Crippen LogP contribution in [0.2, 0.25) is 0 Å². The largest absolute Gasteiger partial charge is 0.478 e. The summed E-state index contributed by atoms with van der Waals surface area (Å²) in [4.78, 5) is 17.3. The minimum Gasteiger partial charge on any atom is -0.478 e. The first-order chi connectivity index (χ1) is 9.72. The highest BCUT2D eigenvalue weighted by Gasteiger charge is 2.12. The molecule has 120 valence electrons. The van der Waals surface area contributed by atoms with E-state index in [9.17, 15) is 4.79 Å². The van der Waals surface area contributed by atoms with Crippen LogP contribution in [-0.4, -0.2) is 42.2 Å². The smallest absolute Gasteiger partial charge is 0.335 e. The Labute approximate surface area is 128 Å². The lowest BCUT2D eigenvalue weighted by Crippen LogP contribution is -2.27. The van der Waals surface area contributed by atoms with E-state index in [1.54, 1.807) is 12.1 Å². The molecule has 1 heterocycles. The molecule has 21 heavy (non-hydrogen) atoms. The molecule has 0 unspecified atom stereocenters. The van der Waals surface area contributed by atoms with Crippen molar-refractivity contribution >= 4 is 11.8 Å². The highest BCUT2D eigenvalue weighted by molar-refractivity contribution is 5.88. The average molecular weight is 295 g/mol. The van der Waals surface area contributed by atoms with Gasteiger partial charge < -0.3 is 15.3 Å². The van der Waals surface area contributed by atoms with Crippen LogP contribution >= 0.6 is 0 Å². The van der Waals surface area contributed by atoms with Crippen molar-refractivity contribution in [3.8, 4) is 0 Å². The van der Waals surface area contributed by atoms with Crippen molar-refractivity contribution < 1.29 is 9.90 Å². The van der Waals surface area contributed by atoms with Gasteiger partial charge >= 0.3 is 5.97 Å². The molecule has 5 nitrogen and oxygen atoms in total. The fourth-order valence-electron chi connectivity index (χ4n) is 1.32. The molecule has 0 radical (unpaired) electrons. The van der Waals surface area contributed by atoms with E-state index >= 15 is 0 Å². The molecular formula is C16H29N3O2. The van der Waals surface area contributed by atoms with Crippen LogP contribution in [0.3, 0.4) is 0 Å². The summed E-state index contributed by atoms with van der Waals surface area (Å²) < 4.78 is 0. The molecule has 0 atom stereocenters. The Morgan fingerprint density at radius 3 is 2.19 bits per heavy atom. The Hall–Kier alpha value is -1.62. The maximum absolute atomic E-state index is 11.0. The van der Waals surface area contributed by atoms with Crippen molar-refractivity contribution in [3.63, 3.8) is 0 Å². The third kappa shape index (κ3) is 7.09. The van der Waals surface area contributed by atoms with Crippen LogP contribution in [0.4, 0.5) is 5.82 Å². The third-order valence-electron chi connectivity index (χ3n) is 3.19. The summed E-state index contributed by atoms with van der Waals surface area (Å²) >= 11 is 0. The summed E-state index contributed by atoms with van der Waals surface area (Å²) in [6, 6.07) is 4.16. The molecule has 0 spiro atoms. The van der Waals surface area contributed by atoms with Gasteiger partial charge in [-0.2, -0.15) is 0 Å². The zero-order valence-corrected chi connectivity index (χ0v) is 14.3.